The lowest BCUT2D eigenvalue weighted by Crippen LogP contribution is -2.16. The van der Waals surface area contributed by atoms with E-state index in [9.17, 15) is 14.0 Å². The SMILES string of the molecule is COc1ccc2c(c1)c(CC(=O)Nc1ccc(F)c(Cl)c1)c(C)n2C(=O)c1ccc(Cl)cc1. The topological polar surface area (TPSA) is 60.3 Å². The molecule has 0 aliphatic carbocycles. The minimum absolute atomic E-state index is 0.00854. The van der Waals surface area contributed by atoms with E-state index in [1.165, 1.54) is 18.2 Å². The Morgan fingerprint density at radius 3 is 2.42 bits per heavy atom. The standard InChI is InChI=1S/C25H19Cl2FN2O3/c1-14-19(13-24(31)29-17-7-9-22(28)21(27)11-17)20-12-18(33-2)8-10-23(20)30(14)25(32)15-3-5-16(26)6-4-15/h3-12H,13H2,1-2H3,(H,29,31). The molecule has 33 heavy (non-hydrogen) atoms. The second-order valence-electron chi connectivity index (χ2n) is 7.45. The van der Waals surface area contributed by atoms with Gasteiger partial charge in [-0.1, -0.05) is 23.2 Å². The van der Waals surface area contributed by atoms with Gasteiger partial charge in [-0.3, -0.25) is 14.2 Å². The van der Waals surface area contributed by atoms with Gasteiger partial charge >= 0.3 is 0 Å². The zero-order chi connectivity index (χ0) is 23.7. The predicted octanol–water partition coefficient (Wildman–Crippen LogP) is 6.27. The van der Waals surface area contributed by atoms with Crippen LogP contribution in [0.1, 0.15) is 21.6 Å². The summed E-state index contributed by atoms with van der Waals surface area (Å²) >= 11 is 11.8. The lowest BCUT2D eigenvalue weighted by molar-refractivity contribution is -0.115. The summed E-state index contributed by atoms with van der Waals surface area (Å²) in [7, 11) is 1.55. The van der Waals surface area contributed by atoms with Crippen molar-refractivity contribution in [3.8, 4) is 5.75 Å². The number of rotatable bonds is 5. The van der Waals surface area contributed by atoms with Crippen LogP contribution in [0.5, 0.6) is 5.75 Å². The van der Waals surface area contributed by atoms with E-state index in [4.69, 9.17) is 27.9 Å². The molecule has 4 rings (SSSR count). The molecule has 1 aromatic heterocycles. The van der Waals surface area contributed by atoms with E-state index in [0.717, 1.165) is 5.39 Å². The molecule has 5 nitrogen and oxygen atoms in total. The maximum atomic E-state index is 13.4. The van der Waals surface area contributed by atoms with Gasteiger partial charge < -0.3 is 10.1 Å². The average Bonchev–Trinajstić information content (AvgIpc) is 3.06. The highest BCUT2D eigenvalue weighted by atomic mass is 35.5. The van der Waals surface area contributed by atoms with Crippen molar-refractivity contribution in [3.05, 3.63) is 93.3 Å². The number of benzene rings is 3. The molecule has 0 aliphatic rings. The van der Waals surface area contributed by atoms with Crippen molar-refractivity contribution in [1.29, 1.82) is 0 Å². The Hall–Kier alpha value is -3.35. The molecule has 0 radical (unpaired) electrons. The zero-order valence-corrected chi connectivity index (χ0v) is 19.3. The van der Waals surface area contributed by atoms with E-state index >= 15 is 0 Å². The van der Waals surface area contributed by atoms with Crippen molar-refractivity contribution in [2.75, 3.05) is 12.4 Å². The first kappa shape index (κ1) is 22.8. The molecule has 8 heteroatoms. The average molecular weight is 485 g/mol. The van der Waals surface area contributed by atoms with Crippen LogP contribution in [0.25, 0.3) is 10.9 Å². The molecule has 0 saturated carbocycles. The van der Waals surface area contributed by atoms with Crippen LogP contribution in [-0.2, 0) is 11.2 Å². The van der Waals surface area contributed by atoms with Crippen LogP contribution < -0.4 is 10.1 Å². The molecule has 0 spiro atoms. The summed E-state index contributed by atoms with van der Waals surface area (Å²) in [6.07, 6.45) is -0.00854. The summed E-state index contributed by atoms with van der Waals surface area (Å²) in [5.74, 6) is -0.537. The first-order chi connectivity index (χ1) is 15.8. The van der Waals surface area contributed by atoms with Gasteiger partial charge in [0.1, 0.15) is 11.6 Å². The van der Waals surface area contributed by atoms with Gasteiger partial charge in [0.05, 0.1) is 24.1 Å². The Bertz CT molecular complexity index is 1380. The van der Waals surface area contributed by atoms with Crippen LogP contribution in [-0.4, -0.2) is 23.5 Å². The lowest BCUT2D eigenvalue weighted by atomic mass is 10.1. The Kier molecular flexibility index (Phi) is 6.40. The predicted molar refractivity (Wildman–Crippen MR) is 128 cm³/mol. The summed E-state index contributed by atoms with van der Waals surface area (Å²) in [5.41, 5.74) is 2.80. The van der Waals surface area contributed by atoms with E-state index in [1.54, 1.807) is 61.1 Å². The fourth-order valence-electron chi connectivity index (χ4n) is 3.74. The Morgan fingerprint density at radius 1 is 1.03 bits per heavy atom. The van der Waals surface area contributed by atoms with Crippen molar-refractivity contribution in [2.45, 2.75) is 13.3 Å². The maximum absolute atomic E-state index is 13.4. The summed E-state index contributed by atoms with van der Waals surface area (Å²) in [5, 5.41) is 3.90. The first-order valence-electron chi connectivity index (χ1n) is 10.0. The van der Waals surface area contributed by atoms with Gasteiger partial charge in [-0.05, 0) is 73.2 Å². The molecule has 1 heterocycles. The summed E-state index contributed by atoms with van der Waals surface area (Å²) < 4.78 is 20.4. The summed E-state index contributed by atoms with van der Waals surface area (Å²) in [6, 6.07) is 15.9. The number of fused-ring (bicyclic) bond motifs is 1. The number of hydrogen-bond acceptors (Lipinski definition) is 3. The normalized spacial score (nSPS) is 10.9. The molecule has 0 unspecified atom stereocenters. The quantitative estimate of drug-likeness (QED) is 0.362. The second kappa shape index (κ2) is 9.25. The summed E-state index contributed by atoms with van der Waals surface area (Å²) in [4.78, 5) is 26.2. The highest BCUT2D eigenvalue weighted by Crippen LogP contribution is 2.31. The van der Waals surface area contributed by atoms with E-state index in [2.05, 4.69) is 5.32 Å². The van der Waals surface area contributed by atoms with Crippen molar-refractivity contribution in [1.82, 2.24) is 4.57 Å². The van der Waals surface area contributed by atoms with Gasteiger partial charge in [-0.25, -0.2) is 4.39 Å². The highest BCUT2D eigenvalue weighted by molar-refractivity contribution is 6.31. The number of nitrogens with zero attached hydrogens (tertiary/aromatic N) is 1. The molecule has 4 aromatic rings. The second-order valence-corrected chi connectivity index (χ2v) is 8.29. The van der Waals surface area contributed by atoms with Crippen molar-refractivity contribution in [2.24, 2.45) is 0 Å². The number of hydrogen-bond donors (Lipinski definition) is 1. The molecule has 0 saturated heterocycles. The van der Waals surface area contributed by atoms with Gasteiger partial charge in [0.25, 0.3) is 5.91 Å². The third-order valence-electron chi connectivity index (χ3n) is 5.38. The third-order valence-corrected chi connectivity index (χ3v) is 5.92. The van der Waals surface area contributed by atoms with Crippen LogP contribution in [0.2, 0.25) is 10.0 Å². The monoisotopic (exact) mass is 484 g/mol. The fraction of sp³-hybridized carbons (Fsp3) is 0.120. The summed E-state index contributed by atoms with van der Waals surface area (Å²) in [6.45, 7) is 1.79. The molecule has 1 N–H and O–H groups in total. The third kappa shape index (κ3) is 4.58. The van der Waals surface area contributed by atoms with E-state index in [0.29, 0.717) is 38.8 Å². The van der Waals surface area contributed by atoms with Crippen LogP contribution in [0, 0.1) is 12.7 Å². The Morgan fingerprint density at radius 2 is 1.76 bits per heavy atom. The molecule has 0 fully saturated rings. The van der Waals surface area contributed by atoms with Crippen LogP contribution in [0.4, 0.5) is 10.1 Å². The zero-order valence-electron chi connectivity index (χ0n) is 17.8. The lowest BCUT2D eigenvalue weighted by Gasteiger charge is -2.09. The number of amides is 1. The highest BCUT2D eigenvalue weighted by Gasteiger charge is 2.22. The molecular formula is C25H19Cl2FN2O3. The number of carbonyl (C=O) groups excluding carboxylic acids is 2. The Labute approximate surface area is 199 Å². The number of carbonyl (C=O) groups is 2. The van der Waals surface area contributed by atoms with Gasteiger partial charge in [-0.2, -0.15) is 0 Å². The van der Waals surface area contributed by atoms with Gasteiger partial charge in [0, 0.05) is 27.4 Å². The first-order valence-corrected chi connectivity index (χ1v) is 10.8. The van der Waals surface area contributed by atoms with E-state index in [-0.39, 0.29) is 23.3 Å². The van der Waals surface area contributed by atoms with Crippen LogP contribution in [0.3, 0.4) is 0 Å². The molecule has 0 aliphatic heterocycles. The van der Waals surface area contributed by atoms with Gasteiger partial charge in [-0.15, -0.1) is 0 Å². The fourth-order valence-corrected chi connectivity index (χ4v) is 4.04. The minimum atomic E-state index is -0.568. The largest absolute Gasteiger partial charge is 0.497 e. The van der Waals surface area contributed by atoms with Crippen molar-refractivity contribution < 1.29 is 18.7 Å². The smallest absolute Gasteiger partial charge is 0.262 e. The maximum Gasteiger partial charge on any atom is 0.262 e. The van der Waals surface area contributed by atoms with Crippen LogP contribution in [0.15, 0.2) is 60.7 Å². The number of ether oxygens (including phenoxy) is 1. The Balaban J connectivity index is 1.74. The van der Waals surface area contributed by atoms with Crippen molar-refractivity contribution in [3.63, 3.8) is 0 Å². The number of anilines is 1. The minimum Gasteiger partial charge on any atom is -0.497 e. The molecule has 168 valence electrons. The van der Waals surface area contributed by atoms with E-state index in [1.807, 2.05) is 0 Å². The number of aromatic nitrogens is 1. The number of nitrogens with one attached hydrogen (secondary N) is 1. The van der Waals surface area contributed by atoms with Gasteiger partial charge in [0.2, 0.25) is 5.91 Å². The molecule has 0 atom stereocenters. The molecule has 1 amide bonds. The number of methoxy groups -OCH3 is 1. The van der Waals surface area contributed by atoms with Crippen molar-refractivity contribution >= 4 is 51.6 Å². The number of halogens is 3. The van der Waals surface area contributed by atoms with E-state index < -0.39 is 5.82 Å². The molecule has 0 bridgehead atoms. The molecular weight excluding hydrogens is 466 g/mol. The van der Waals surface area contributed by atoms with Crippen LogP contribution >= 0.6 is 23.2 Å². The molecule has 3 aromatic carbocycles. The van der Waals surface area contributed by atoms with Gasteiger partial charge in [0.15, 0.2) is 0 Å².